The Balaban J connectivity index is 1.61. The number of para-hydroxylation sites is 2. The van der Waals surface area contributed by atoms with Crippen molar-refractivity contribution in [3.05, 3.63) is 82.1 Å². The number of nitrogens with one attached hydrogen (secondary N) is 1. The van der Waals surface area contributed by atoms with Crippen molar-refractivity contribution in [3.8, 4) is 0 Å². The second-order valence-electron chi connectivity index (χ2n) is 6.02. The monoisotopic (exact) mass is 383 g/mol. The molecule has 0 radical (unpaired) electrons. The van der Waals surface area contributed by atoms with Gasteiger partial charge in [0.15, 0.2) is 0 Å². The molecule has 1 aliphatic heterocycles. The van der Waals surface area contributed by atoms with E-state index in [1.165, 1.54) is 5.56 Å². The lowest BCUT2D eigenvalue weighted by Gasteiger charge is -2.18. The van der Waals surface area contributed by atoms with E-state index in [1.54, 1.807) is 41.6 Å². The van der Waals surface area contributed by atoms with Gasteiger partial charge in [-0.3, -0.25) is 9.78 Å². The summed E-state index contributed by atoms with van der Waals surface area (Å²) in [5.41, 5.74) is 3.90. The number of amides is 1. The van der Waals surface area contributed by atoms with Crippen LogP contribution in [-0.2, 0) is 6.42 Å². The highest BCUT2D eigenvalue weighted by atomic mass is 35.5. The highest BCUT2D eigenvalue weighted by molar-refractivity contribution is 6.39. The van der Waals surface area contributed by atoms with Gasteiger partial charge < -0.3 is 10.2 Å². The first-order chi connectivity index (χ1) is 12.6. The smallest absolute Gasteiger partial charge is 0.259 e. The van der Waals surface area contributed by atoms with E-state index in [0.29, 0.717) is 33.5 Å². The second kappa shape index (κ2) is 6.98. The van der Waals surface area contributed by atoms with Gasteiger partial charge in [0.25, 0.3) is 5.91 Å². The molecule has 0 saturated carbocycles. The number of anilines is 3. The fourth-order valence-electron chi connectivity index (χ4n) is 3.09. The van der Waals surface area contributed by atoms with Crippen LogP contribution in [0, 0.1) is 0 Å². The maximum atomic E-state index is 13.0. The molecule has 1 aromatic heterocycles. The molecule has 1 aliphatic rings. The highest BCUT2D eigenvalue weighted by Gasteiger charge is 2.25. The number of aromatic nitrogens is 1. The summed E-state index contributed by atoms with van der Waals surface area (Å²) < 4.78 is 0. The van der Waals surface area contributed by atoms with Gasteiger partial charge in [0, 0.05) is 18.4 Å². The van der Waals surface area contributed by atoms with E-state index < -0.39 is 0 Å². The fourth-order valence-corrected chi connectivity index (χ4v) is 3.58. The summed E-state index contributed by atoms with van der Waals surface area (Å²) in [6.45, 7) is 0.673. The molecule has 0 bridgehead atoms. The lowest BCUT2D eigenvalue weighted by Crippen LogP contribution is -2.29. The van der Waals surface area contributed by atoms with Crippen molar-refractivity contribution in [2.24, 2.45) is 0 Å². The molecule has 130 valence electrons. The predicted octanol–water partition coefficient (Wildman–Crippen LogP) is 5.33. The molecule has 1 N–H and O–H groups in total. The number of nitrogens with zero attached hydrogens (tertiary/aromatic N) is 2. The van der Waals surface area contributed by atoms with Gasteiger partial charge in [-0.05, 0) is 36.2 Å². The topological polar surface area (TPSA) is 45.2 Å². The van der Waals surface area contributed by atoms with Gasteiger partial charge in [-0.25, -0.2) is 0 Å². The van der Waals surface area contributed by atoms with Gasteiger partial charge in [-0.2, -0.15) is 0 Å². The molecule has 0 aliphatic carbocycles. The summed E-state index contributed by atoms with van der Waals surface area (Å²) in [6, 6.07) is 15.0. The van der Waals surface area contributed by atoms with Crippen molar-refractivity contribution in [3.63, 3.8) is 0 Å². The summed E-state index contributed by atoms with van der Waals surface area (Å²) in [6.07, 6.45) is 4.07. The third kappa shape index (κ3) is 3.14. The zero-order chi connectivity index (χ0) is 18.1. The zero-order valence-corrected chi connectivity index (χ0v) is 15.3. The minimum absolute atomic E-state index is 0.0728. The maximum Gasteiger partial charge on any atom is 0.259 e. The standard InChI is InChI=1S/C20H15Cl2N3O/c21-16-5-3-6-17(22)19(16)24-15-10-14(11-23-12-15)20(26)25-9-8-13-4-1-2-7-18(13)25/h1-7,10-12,24H,8-9H2. The molecule has 6 heteroatoms. The van der Waals surface area contributed by atoms with Crippen molar-refractivity contribution >= 4 is 46.2 Å². The highest BCUT2D eigenvalue weighted by Crippen LogP contribution is 2.33. The van der Waals surface area contributed by atoms with Crippen molar-refractivity contribution < 1.29 is 4.79 Å². The minimum Gasteiger partial charge on any atom is -0.352 e. The van der Waals surface area contributed by atoms with Crippen LogP contribution in [0.3, 0.4) is 0 Å². The number of carbonyl (C=O) groups is 1. The van der Waals surface area contributed by atoms with Gasteiger partial charge in [0.2, 0.25) is 0 Å². The molecular formula is C20H15Cl2N3O. The molecule has 0 fully saturated rings. The van der Waals surface area contributed by atoms with Gasteiger partial charge in [0.05, 0.1) is 33.2 Å². The first kappa shape index (κ1) is 16.9. The molecular weight excluding hydrogens is 369 g/mol. The third-order valence-electron chi connectivity index (χ3n) is 4.35. The fraction of sp³-hybridized carbons (Fsp3) is 0.100. The number of pyridine rings is 1. The Morgan fingerprint density at radius 3 is 2.62 bits per heavy atom. The Labute approximate surface area is 161 Å². The molecule has 0 spiro atoms. The average molecular weight is 384 g/mol. The van der Waals surface area contributed by atoms with Crippen LogP contribution in [-0.4, -0.2) is 17.4 Å². The van der Waals surface area contributed by atoms with Crippen molar-refractivity contribution in [1.82, 2.24) is 4.98 Å². The summed E-state index contributed by atoms with van der Waals surface area (Å²) in [5, 5.41) is 4.15. The lowest BCUT2D eigenvalue weighted by molar-refractivity contribution is 0.0989. The number of halogens is 2. The van der Waals surface area contributed by atoms with Crippen LogP contribution in [0.25, 0.3) is 0 Å². The van der Waals surface area contributed by atoms with Gasteiger partial charge in [-0.15, -0.1) is 0 Å². The Morgan fingerprint density at radius 2 is 1.81 bits per heavy atom. The first-order valence-corrected chi connectivity index (χ1v) is 8.95. The molecule has 0 saturated heterocycles. The third-order valence-corrected chi connectivity index (χ3v) is 4.98. The van der Waals surface area contributed by atoms with E-state index in [1.807, 2.05) is 18.2 Å². The Bertz CT molecular complexity index is 970. The van der Waals surface area contributed by atoms with E-state index >= 15 is 0 Å². The lowest BCUT2D eigenvalue weighted by atomic mass is 10.2. The molecule has 2 aromatic carbocycles. The Hall–Kier alpha value is -2.56. The van der Waals surface area contributed by atoms with Crippen LogP contribution in [0.4, 0.5) is 17.1 Å². The molecule has 4 nitrogen and oxygen atoms in total. The van der Waals surface area contributed by atoms with E-state index in [-0.39, 0.29) is 5.91 Å². The maximum absolute atomic E-state index is 13.0. The molecule has 0 unspecified atom stereocenters. The SMILES string of the molecule is O=C(c1cncc(Nc2c(Cl)cccc2Cl)c1)N1CCc2ccccc21. The van der Waals surface area contributed by atoms with Crippen molar-refractivity contribution in [2.75, 3.05) is 16.8 Å². The van der Waals surface area contributed by atoms with E-state index in [9.17, 15) is 4.79 Å². The van der Waals surface area contributed by atoms with E-state index in [2.05, 4.69) is 16.4 Å². The number of hydrogen-bond acceptors (Lipinski definition) is 3. The van der Waals surface area contributed by atoms with Crippen LogP contribution < -0.4 is 10.2 Å². The number of carbonyl (C=O) groups excluding carboxylic acids is 1. The van der Waals surface area contributed by atoms with E-state index in [0.717, 1.165) is 12.1 Å². The largest absolute Gasteiger partial charge is 0.352 e. The van der Waals surface area contributed by atoms with Gasteiger partial charge in [0.1, 0.15) is 0 Å². The summed E-state index contributed by atoms with van der Waals surface area (Å²) in [7, 11) is 0. The number of rotatable bonds is 3. The molecule has 0 atom stereocenters. The van der Waals surface area contributed by atoms with Crippen LogP contribution in [0.2, 0.25) is 10.0 Å². The van der Waals surface area contributed by atoms with Gasteiger partial charge >= 0.3 is 0 Å². The Morgan fingerprint density at radius 1 is 1.04 bits per heavy atom. The molecule has 1 amide bonds. The number of fused-ring (bicyclic) bond motifs is 1. The van der Waals surface area contributed by atoms with Gasteiger partial charge in [-0.1, -0.05) is 47.5 Å². The molecule has 2 heterocycles. The van der Waals surface area contributed by atoms with E-state index in [4.69, 9.17) is 23.2 Å². The van der Waals surface area contributed by atoms with Crippen LogP contribution >= 0.6 is 23.2 Å². The number of hydrogen-bond donors (Lipinski definition) is 1. The Kier molecular flexibility index (Phi) is 4.53. The van der Waals surface area contributed by atoms with Crippen molar-refractivity contribution in [2.45, 2.75) is 6.42 Å². The number of benzene rings is 2. The minimum atomic E-state index is -0.0728. The normalized spacial score (nSPS) is 12.8. The van der Waals surface area contributed by atoms with Crippen LogP contribution in [0.5, 0.6) is 0 Å². The zero-order valence-electron chi connectivity index (χ0n) is 13.7. The summed E-state index contributed by atoms with van der Waals surface area (Å²) >= 11 is 12.4. The first-order valence-electron chi connectivity index (χ1n) is 8.19. The van der Waals surface area contributed by atoms with Crippen LogP contribution in [0.1, 0.15) is 15.9 Å². The molecule has 4 rings (SSSR count). The summed E-state index contributed by atoms with van der Waals surface area (Å²) in [4.78, 5) is 18.9. The molecule has 3 aromatic rings. The predicted molar refractivity (Wildman–Crippen MR) is 106 cm³/mol. The quantitative estimate of drug-likeness (QED) is 0.664. The molecule has 26 heavy (non-hydrogen) atoms. The van der Waals surface area contributed by atoms with Crippen molar-refractivity contribution in [1.29, 1.82) is 0 Å². The summed E-state index contributed by atoms with van der Waals surface area (Å²) in [5.74, 6) is -0.0728. The second-order valence-corrected chi connectivity index (χ2v) is 6.83. The van der Waals surface area contributed by atoms with Crippen LogP contribution in [0.15, 0.2) is 60.9 Å². The average Bonchev–Trinajstić information content (AvgIpc) is 3.09.